The van der Waals surface area contributed by atoms with Gasteiger partial charge in [-0.3, -0.25) is 0 Å². The van der Waals surface area contributed by atoms with Gasteiger partial charge in [-0.2, -0.15) is 11.8 Å². The molecule has 0 radical (unpaired) electrons. The summed E-state index contributed by atoms with van der Waals surface area (Å²) < 4.78 is 40.7. The number of halogens is 1. The molecule has 1 aromatic rings. The molecule has 0 bridgehead atoms. The van der Waals surface area contributed by atoms with Gasteiger partial charge in [-0.15, -0.1) is 0 Å². The van der Waals surface area contributed by atoms with Gasteiger partial charge in [0, 0.05) is 11.8 Å². The van der Waals surface area contributed by atoms with Gasteiger partial charge in [0.25, 0.3) is 0 Å². The van der Waals surface area contributed by atoms with Gasteiger partial charge in [-0.1, -0.05) is 18.3 Å². The molecule has 1 atom stereocenters. The van der Waals surface area contributed by atoms with E-state index < -0.39 is 15.8 Å². The summed E-state index contributed by atoms with van der Waals surface area (Å²) in [4.78, 5) is -0.466. The Kier molecular flexibility index (Phi) is 5.00. The van der Waals surface area contributed by atoms with Gasteiger partial charge in [-0.05, 0) is 30.7 Å². The Morgan fingerprint density at radius 2 is 2.30 bits per heavy atom. The van der Waals surface area contributed by atoms with Crippen molar-refractivity contribution in [2.45, 2.75) is 23.0 Å². The molecule has 20 heavy (non-hydrogen) atoms. The Labute approximate surface area is 127 Å². The van der Waals surface area contributed by atoms with Gasteiger partial charge in [-0.25, -0.2) is 17.5 Å². The Hall–Kier alpha value is -0.700. The Morgan fingerprint density at radius 1 is 1.55 bits per heavy atom. The number of hydrogen-bond acceptors (Lipinski definition) is 4. The molecule has 110 valence electrons. The fourth-order valence-corrected chi connectivity index (χ4v) is 4.94. The number of rotatable bonds is 5. The molecule has 1 heterocycles. The third-order valence-electron chi connectivity index (χ3n) is 3.04. The van der Waals surface area contributed by atoms with E-state index in [4.69, 9.17) is 18.0 Å². The van der Waals surface area contributed by atoms with Crippen LogP contribution in [0.2, 0.25) is 0 Å². The van der Waals surface area contributed by atoms with Crippen molar-refractivity contribution in [2.24, 2.45) is 5.73 Å². The van der Waals surface area contributed by atoms with Crippen LogP contribution in [0, 0.1) is 5.82 Å². The van der Waals surface area contributed by atoms with Crippen LogP contribution in [0.15, 0.2) is 23.1 Å². The van der Waals surface area contributed by atoms with Crippen molar-refractivity contribution in [3.05, 3.63) is 29.6 Å². The zero-order valence-corrected chi connectivity index (χ0v) is 13.1. The van der Waals surface area contributed by atoms with Crippen molar-refractivity contribution in [1.82, 2.24) is 4.72 Å². The van der Waals surface area contributed by atoms with Crippen LogP contribution < -0.4 is 10.5 Å². The predicted octanol–water partition coefficient (Wildman–Crippen LogP) is 1.63. The van der Waals surface area contributed by atoms with E-state index in [1.807, 2.05) is 0 Å². The first kappa shape index (κ1) is 15.7. The third-order valence-corrected chi connectivity index (χ3v) is 6.10. The molecule has 1 aliphatic rings. The fourth-order valence-electron chi connectivity index (χ4n) is 2.05. The third kappa shape index (κ3) is 3.49. The first-order chi connectivity index (χ1) is 9.42. The zero-order chi connectivity index (χ0) is 14.8. The molecule has 1 fully saturated rings. The number of nitrogens with one attached hydrogen (secondary N) is 1. The molecule has 1 unspecified atom stereocenters. The molecule has 0 aliphatic carbocycles. The highest BCUT2D eigenvalue weighted by Gasteiger charge is 2.24. The Morgan fingerprint density at radius 3 is 2.90 bits per heavy atom. The van der Waals surface area contributed by atoms with E-state index in [2.05, 4.69) is 4.72 Å². The van der Waals surface area contributed by atoms with Gasteiger partial charge < -0.3 is 5.73 Å². The number of hydrogen-bond donors (Lipinski definition) is 2. The van der Waals surface area contributed by atoms with E-state index in [9.17, 15) is 12.8 Å². The van der Waals surface area contributed by atoms with Crippen LogP contribution in [0.1, 0.15) is 18.4 Å². The van der Waals surface area contributed by atoms with Gasteiger partial charge in [0.1, 0.15) is 10.8 Å². The second-order valence-electron chi connectivity index (χ2n) is 4.46. The minimum absolute atomic E-state index is 0.201. The molecule has 8 heteroatoms. The minimum atomic E-state index is -3.82. The standard InChI is InChI=1S/C12H15FN2O2S3/c13-9-4-1-5-10(11(9)12(14)18)20(16,17)15-7-8-3-2-6-19-8/h1,4-5,8,15H,2-3,6-7H2,(H2,14,18). The number of benzene rings is 1. The van der Waals surface area contributed by atoms with Crippen molar-refractivity contribution in [3.8, 4) is 0 Å². The number of sulfonamides is 1. The van der Waals surface area contributed by atoms with Gasteiger partial charge in [0.05, 0.1) is 10.5 Å². The Bertz CT molecular complexity index is 613. The summed E-state index contributed by atoms with van der Waals surface area (Å²) in [5.74, 6) is 0.320. The SMILES string of the molecule is NC(=S)c1c(F)cccc1S(=O)(=O)NCC1CCCS1. The normalized spacial score (nSPS) is 19.1. The first-order valence-corrected chi connectivity index (χ1v) is 9.05. The lowest BCUT2D eigenvalue weighted by atomic mass is 10.2. The highest BCUT2D eigenvalue weighted by atomic mass is 32.2. The average molecular weight is 334 g/mol. The number of thiocarbonyl (C=S) groups is 1. The van der Waals surface area contributed by atoms with Crippen molar-refractivity contribution in [2.75, 3.05) is 12.3 Å². The lowest BCUT2D eigenvalue weighted by molar-refractivity contribution is 0.574. The largest absolute Gasteiger partial charge is 0.389 e. The van der Waals surface area contributed by atoms with E-state index in [0.29, 0.717) is 6.54 Å². The van der Waals surface area contributed by atoms with E-state index in [1.165, 1.54) is 12.1 Å². The summed E-state index contributed by atoms with van der Waals surface area (Å²) in [6, 6.07) is 3.78. The second-order valence-corrected chi connectivity index (χ2v) is 8.05. The molecule has 4 nitrogen and oxygen atoms in total. The van der Waals surface area contributed by atoms with Crippen LogP contribution in [-0.4, -0.2) is 31.0 Å². The van der Waals surface area contributed by atoms with E-state index >= 15 is 0 Å². The molecule has 0 amide bonds. The topological polar surface area (TPSA) is 72.2 Å². The van der Waals surface area contributed by atoms with Gasteiger partial charge >= 0.3 is 0 Å². The maximum absolute atomic E-state index is 13.7. The van der Waals surface area contributed by atoms with Crippen LogP contribution in [0.4, 0.5) is 4.39 Å². The quantitative estimate of drug-likeness (QED) is 0.801. The molecular formula is C12H15FN2O2S3. The minimum Gasteiger partial charge on any atom is -0.389 e. The Balaban J connectivity index is 2.24. The van der Waals surface area contributed by atoms with Crippen LogP contribution >= 0.6 is 24.0 Å². The molecular weight excluding hydrogens is 319 g/mol. The second kappa shape index (κ2) is 6.38. The lowest BCUT2D eigenvalue weighted by Crippen LogP contribution is -2.31. The maximum Gasteiger partial charge on any atom is 0.241 e. The molecule has 2 rings (SSSR count). The van der Waals surface area contributed by atoms with Crippen molar-refractivity contribution in [1.29, 1.82) is 0 Å². The summed E-state index contributed by atoms with van der Waals surface area (Å²) in [6.07, 6.45) is 2.08. The molecule has 1 aliphatic heterocycles. The van der Waals surface area contributed by atoms with Crippen LogP contribution in [0.5, 0.6) is 0 Å². The number of thioether (sulfide) groups is 1. The molecule has 1 saturated heterocycles. The van der Waals surface area contributed by atoms with Gasteiger partial charge in [0.2, 0.25) is 10.0 Å². The summed E-state index contributed by atoms with van der Waals surface area (Å²) in [6.45, 7) is 0.334. The van der Waals surface area contributed by atoms with E-state index in [-0.39, 0.29) is 20.7 Å². The molecule has 3 N–H and O–H groups in total. The monoisotopic (exact) mass is 334 g/mol. The summed E-state index contributed by atoms with van der Waals surface area (Å²) in [7, 11) is -3.82. The van der Waals surface area contributed by atoms with Crippen molar-refractivity contribution < 1.29 is 12.8 Å². The summed E-state index contributed by atoms with van der Waals surface area (Å²) in [5.41, 5.74) is 5.20. The molecule has 0 saturated carbocycles. The fraction of sp³-hybridized carbons (Fsp3) is 0.417. The first-order valence-electron chi connectivity index (χ1n) is 6.11. The van der Waals surface area contributed by atoms with Gasteiger partial charge in [0.15, 0.2) is 0 Å². The zero-order valence-electron chi connectivity index (χ0n) is 10.6. The van der Waals surface area contributed by atoms with Crippen LogP contribution in [0.25, 0.3) is 0 Å². The maximum atomic E-state index is 13.7. The predicted molar refractivity (Wildman–Crippen MR) is 83.0 cm³/mol. The van der Waals surface area contributed by atoms with E-state index in [0.717, 1.165) is 24.7 Å². The van der Waals surface area contributed by atoms with Crippen molar-refractivity contribution in [3.63, 3.8) is 0 Å². The highest BCUT2D eigenvalue weighted by Crippen LogP contribution is 2.26. The molecule has 0 aromatic heterocycles. The summed E-state index contributed by atoms with van der Waals surface area (Å²) >= 11 is 6.48. The molecule has 0 spiro atoms. The smallest absolute Gasteiger partial charge is 0.241 e. The van der Waals surface area contributed by atoms with Crippen LogP contribution in [-0.2, 0) is 10.0 Å². The highest BCUT2D eigenvalue weighted by molar-refractivity contribution is 8.00. The number of nitrogens with two attached hydrogens (primary N) is 1. The molecule has 1 aromatic carbocycles. The summed E-state index contributed by atoms with van der Waals surface area (Å²) in [5, 5.41) is 0.270. The average Bonchev–Trinajstić information content (AvgIpc) is 2.89. The van der Waals surface area contributed by atoms with E-state index in [1.54, 1.807) is 11.8 Å². The lowest BCUT2D eigenvalue weighted by Gasteiger charge is -2.13. The van der Waals surface area contributed by atoms with Crippen molar-refractivity contribution >= 4 is 39.0 Å². The van der Waals surface area contributed by atoms with Crippen LogP contribution in [0.3, 0.4) is 0 Å².